The summed E-state index contributed by atoms with van der Waals surface area (Å²) in [5, 5.41) is 3.82. The number of aromatic nitrogens is 2. The molecule has 0 bridgehead atoms. The molecular weight excluding hydrogens is 168 g/mol. The van der Waals surface area contributed by atoms with Crippen LogP contribution in [0, 0.1) is 0 Å². The van der Waals surface area contributed by atoms with Crippen LogP contribution in [0.4, 0.5) is 0 Å². The minimum absolute atomic E-state index is 0.136. The van der Waals surface area contributed by atoms with Crippen molar-refractivity contribution in [3.05, 3.63) is 11.7 Å². The molecule has 0 saturated carbocycles. The fourth-order valence-corrected chi connectivity index (χ4v) is 0.940. The second-order valence-electron chi connectivity index (χ2n) is 3.30. The van der Waals surface area contributed by atoms with E-state index in [2.05, 4.69) is 10.1 Å². The zero-order chi connectivity index (χ0) is 9.84. The van der Waals surface area contributed by atoms with Crippen LogP contribution < -0.4 is 5.73 Å². The molecule has 1 atom stereocenters. The molecule has 0 aliphatic carbocycles. The van der Waals surface area contributed by atoms with Gasteiger partial charge in [-0.2, -0.15) is 4.98 Å². The van der Waals surface area contributed by atoms with Crippen molar-refractivity contribution in [3.8, 4) is 0 Å². The first-order valence-corrected chi connectivity index (χ1v) is 4.36. The molecule has 0 saturated heterocycles. The average Bonchev–Trinajstić information content (AvgIpc) is 2.50. The van der Waals surface area contributed by atoms with Crippen LogP contribution in [0.25, 0.3) is 0 Å². The first-order chi connectivity index (χ1) is 6.13. The van der Waals surface area contributed by atoms with E-state index in [1.807, 2.05) is 25.9 Å². The molecule has 0 aromatic carbocycles. The Morgan fingerprint density at radius 3 is 2.77 bits per heavy atom. The first-order valence-electron chi connectivity index (χ1n) is 4.36. The normalized spacial score (nSPS) is 13.6. The SMILES string of the molecule is CC[C@H](N)c1nc(CN(C)C)no1. The molecule has 0 aliphatic rings. The summed E-state index contributed by atoms with van der Waals surface area (Å²) < 4.78 is 5.01. The molecule has 5 heteroatoms. The van der Waals surface area contributed by atoms with Gasteiger partial charge < -0.3 is 15.2 Å². The van der Waals surface area contributed by atoms with Gasteiger partial charge in [0.25, 0.3) is 0 Å². The number of hydrogen-bond donors (Lipinski definition) is 1. The lowest BCUT2D eigenvalue weighted by atomic mass is 10.2. The van der Waals surface area contributed by atoms with Crippen LogP contribution in [0.1, 0.15) is 31.1 Å². The number of nitrogens with zero attached hydrogens (tertiary/aromatic N) is 3. The quantitative estimate of drug-likeness (QED) is 0.739. The van der Waals surface area contributed by atoms with Gasteiger partial charge in [0.1, 0.15) is 0 Å². The lowest BCUT2D eigenvalue weighted by molar-refractivity contribution is 0.335. The van der Waals surface area contributed by atoms with E-state index in [1.54, 1.807) is 0 Å². The molecule has 0 radical (unpaired) electrons. The van der Waals surface area contributed by atoms with Crippen molar-refractivity contribution >= 4 is 0 Å². The van der Waals surface area contributed by atoms with E-state index in [-0.39, 0.29) is 6.04 Å². The highest BCUT2D eigenvalue weighted by atomic mass is 16.5. The average molecular weight is 184 g/mol. The van der Waals surface area contributed by atoms with Crippen LogP contribution in [-0.4, -0.2) is 29.1 Å². The van der Waals surface area contributed by atoms with Gasteiger partial charge in [-0.15, -0.1) is 0 Å². The fraction of sp³-hybridized carbons (Fsp3) is 0.750. The van der Waals surface area contributed by atoms with Crippen LogP contribution >= 0.6 is 0 Å². The molecule has 5 nitrogen and oxygen atoms in total. The van der Waals surface area contributed by atoms with Crippen LogP contribution in [0.5, 0.6) is 0 Å². The molecule has 0 spiro atoms. The Kier molecular flexibility index (Phi) is 3.39. The Balaban J connectivity index is 2.63. The highest BCUT2D eigenvalue weighted by Crippen LogP contribution is 2.10. The zero-order valence-electron chi connectivity index (χ0n) is 8.32. The van der Waals surface area contributed by atoms with Crippen molar-refractivity contribution in [1.82, 2.24) is 15.0 Å². The molecule has 1 rings (SSSR count). The van der Waals surface area contributed by atoms with Crippen molar-refractivity contribution in [2.45, 2.75) is 25.9 Å². The van der Waals surface area contributed by atoms with Gasteiger partial charge in [-0.05, 0) is 20.5 Å². The van der Waals surface area contributed by atoms with Crippen molar-refractivity contribution in [3.63, 3.8) is 0 Å². The summed E-state index contributed by atoms with van der Waals surface area (Å²) in [7, 11) is 3.91. The Morgan fingerprint density at radius 1 is 1.54 bits per heavy atom. The molecule has 1 aromatic rings. The topological polar surface area (TPSA) is 68.2 Å². The molecule has 0 amide bonds. The summed E-state index contributed by atoms with van der Waals surface area (Å²) in [6.07, 6.45) is 0.809. The zero-order valence-corrected chi connectivity index (χ0v) is 8.32. The summed E-state index contributed by atoms with van der Waals surface area (Å²) in [6.45, 7) is 2.67. The van der Waals surface area contributed by atoms with E-state index in [1.165, 1.54) is 0 Å². The summed E-state index contributed by atoms with van der Waals surface area (Å²) in [4.78, 5) is 6.15. The number of rotatable bonds is 4. The van der Waals surface area contributed by atoms with Crippen molar-refractivity contribution < 1.29 is 4.52 Å². The van der Waals surface area contributed by atoms with E-state index >= 15 is 0 Å². The molecule has 0 fully saturated rings. The largest absolute Gasteiger partial charge is 0.338 e. The van der Waals surface area contributed by atoms with Crippen molar-refractivity contribution in [2.75, 3.05) is 14.1 Å². The molecule has 1 heterocycles. The van der Waals surface area contributed by atoms with Crippen molar-refractivity contribution in [1.29, 1.82) is 0 Å². The van der Waals surface area contributed by atoms with E-state index in [4.69, 9.17) is 10.3 Å². The van der Waals surface area contributed by atoms with Crippen LogP contribution in [0.2, 0.25) is 0 Å². The molecule has 1 aromatic heterocycles. The molecule has 0 aliphatic heterocycles. The van der Waals surface area contributed by atoms with Gasteiger partial charge >= 0.3 is 0 Å². The third-order valence-corrected chi connectivity index (χ3v) is 1.70. The predicted molar refractivity (Wildman–Crippen MR) is 48.9 cm³/mol. The predicted octanol–water partition coefficient (Wildman–Crippen LogP) is 0.541. The highest BCUT2D eigenvalue weighted by molar-refractivity contribution is 4.90. The maximum atomic E-state index is 5.73. The molecular formula is C8H16N4O. The Hall–Kier alpha value is -0.940. The van der Waals surface area contributed by atoms with Gasteiger partial charge in [0.2, 0.25) is 5.89 Å². The van der Waals surface area contributed by atoms with E-state index in [0.717, 1.165) is 6.42 Å². The number of nitrogens with two attached hydrogens (primary N) is 1. The summed E-state index contributed by atoms with van der Waals surface area (Å²) in [5.41, 5.74) is 5.73. The van der Waals surface area contributed by atoms with Crippen molar-refractivity contribution in [2.24, 2.45) is 5.73 Å². The van der Waals surface area contributed by atoms with Crippen LogP contribution in [-0.2, 0) is 6.54 Å². The van der Waals surface area contributed by atoms with Gasteiger partial charge in [0, 0.05) is 0 Å². The fourth-order valence-electron chi connectivity index (χ4n) is 0.940. The number of hydrogen-bond acceptors (Lipinski definition) is 5. The first kappa shape index (κ1) is 10.1. The minimum atomic E-state index is -0.136. The molecule has 2 N–H and O–H groups in total. The summed E-state index contributed by atoms with van der Waals surface area (Å²) in [5.74, 6) is 1.21. The Bertz CT molecular complexity index is 258. The van der Waals surface area contributed by atoms with E-state index in [9.17, 15) is 0 Å². The molecule has 0 unspecified atom stereocenters. The lowest BCUT2D eigenvalue weighted by Gasteiger charge is -2.03. The second-order valence-corrected chi connectivity index (χ2v) is 3.30. The van der Waals surface area contributed by atoms with Crippen LogP contribution in [0.15, 0.2) is 4.52 Å². The minimum Gasteiger partial charge on any atom is -0.338 e. The third-order valence-electron chi connectivity index (χ3n) is 1.70. The van der Waals surface area contributed by atoms with Gasteiger partial charge in [0.15, 0.2) is 5.82 Å². The molecule has 74 valence electrons. The summed E-state index contributed by atoms with van der Waals surface area (Å²) in [6, 6.07) is -0.136. The summed E-state index contributed by atoms with van der Waals surface area (Å²) >= 11 is 0. The molecule has 13 heavy (non-hydrogen) atoms. The second kappa shape index (κ2) is 4.34. The maximum Gasteiger partial charge on any atom is 0.243 e. The Labute approximate surface area is 77.9 Å². The van der Waals surface area contributed by atoms with Gasteiger partial charge in [-0.1, -0.05) is 12.1 Å². The smallest absolute Gasteiger partial charge is 0.243 e. The van der Waals surface area contributed by atoms with E-state index in [0.29, 0.717) is 18.3 Å². The maximum absolute atomic E-state index is 5.73. The third kappa shape index (κ3) is 2.78. The lowest BCUT2D eigenvalue weighted by Crippen LogP contribution is -2.13. The van der Waals surface area contributed by atoms with Gasteiger partial charge in [-0.3, -0.25) is 0 Å². The van der Waals surface area contributed by atoms with E-state index < -0.39 is 0 Å². The van der Waals surface area contributed by atoms with Crippen LogP contribution in [0.3, 0.4) is 0 Å². The Morgan fingerprint density at radius 2 is 2.23 bits per heavy atom. The standard InChI is InChI=1S/C8H16N4O/c1-4-6(9)8-10-7(11-13-8)5-12(2)3/h6H,4-5,9H2,1-3H3/t6-/m0/s1. The van der Waals surface area contributed by atoms with Gasteiger partial charge in [0.05, 0.1) is 12.6 Å². The highest BCUT2D eigenvalue weighted by Gasteiger charge is 2.12. The monoisotopic (exact) mass is 184 g/mol. The van der Waals surface area contributed by atoms with Gasteiger partial charge in [-0.25, -0.2) is 0 Å².